The van der Waals surface area contributed by atoms with Gasteiger partial charge in [0, 0.05) is 0 Å². The van der Waals surface area contributed by atoms with E-state index in [9.17, 15) is 0 Å². The van der Waals surface area contributed by atoms with Crippen molar-refractivity contribution in [2.75, 3.05) is 0 Å². The Labute approximate surface area is 215 Å². The molecule has 1 aliphatic carbocycles. The third kappa shape index (κ3) is 6.71. The first-order valence-corrected chi connectivity index (χ1v) is 12.9. The van der Waals surface area contributed by atoms with Gasteiger partial charge in [0.2, 0.25) is 0 Å². The van der Waals surface area contributed by atoms with E-state index in [-0.39, 0.29) is 21.7 Å². The van der Waals surface area contributed by atoms with Gasteiger partial charge in [-0.25, -0.2) is 11.1 Å². The van der Waals surface area contributed by atoms with Crippen molar-refractivity contribution in [1.29, 1.82) is 0 Å². The summed E-state index contributed by atoms with van der Waals surface area (Å²) in [4.78, 5) is 0. The molecule has 0 fully saturated rings. The van der Waals surface area contributed by atoms with Crippen LogP contribution < -0.4 is 15.9 Å². The van der Waals surface area contributed by atoms with E-state index in [1.54, 1.807) is 0 Å². The van der Waals surface area contributed by atoms with E-state index in [1.807, 2.05) is 0 Å². The summed E-state index contributed by atoms with van der Waals surface area (Å²) in [6.07, 6.45) is 10.5. The van der Waals surface area contributed by atoms with Crippen LogP contribution in [0.1, 0.15) is 39.5 Å². The molecule has 0 aromatic heterocycles. The van der Waals surface area contributed by atoms with Gasteiger partial charge in [-0.1, -0.05) is 92.9 Å². The van der Waals surface area contributed by atoms with E-state index in [0.29, 0.717) is 0 Å². The SMILES string of the molecule is CCCCC1=[C-]CC=C1C.[Ti+2].c1ccc(P(c2ccccc2)c2cc3ccccc3[cH-]2)cc1. The molecule has 0 aliphatic heterocycles. The summed E-state index contributed by atoms with van der Waals surface area (Å²) in [5.74, 6) is 0. The van der Waals surface area contributed by atoms with Gasteiger partial charge in [-0.05, 0) is 18.5 Å². The Morgan fingerprint density at radius 3 is 2.00 bits per heavy atom. The Hall–Kier alpha value is -2.11. The van der Waals surface area contributed by atoms with Crippen molar-refractivity contribution in [1.82, 2.24) is 0 Å². The molecule has 1 aliphatic rings. The third-order valence-corrected chi connectivity index (χ3v) is 8.27. The van der Waals surface area contributed by atoms with E-state index in [1.165, 1.54) is 57.1 Å². The molecule has 5 rings (SSSR count). The fraction of sp³-hybridized carbons (Fsp3) is 0.194. The number of benzene rings is 3. The van der Waals surface area contributed by atoms with E-state index < -0.39 is 7.92 Å². The van der Waals surface area contributed by atoms with Gasteiger partial charge in [-0.3, -0.25) is 6.08 Å². The first kappa shape index (κ1) is 25.5. The molecule has 4 aromatic carbocycles. The van der Waals surface area contributed by atoms with Crippen molar-refractivity contribution in [2.24, 2.45) is 0 Å². The van der Waals surface area contributed by atoms with Crippen LogP contribution in [0.3, 0.4) is 0 Å². The molecule has 0 amide bonds. The van der Waals surface area contributed by atoms with Crippen molar-refractivity contribution in [3.63, 3.8) is 0 Å². The third-order valence-electron chi connectivity index (χ3n) is 5.87. The Morgan fingerprint density at radius 1 is 0.848 bits per heavy atom. The maximum atomic E-state index is 3.37. The van der Waals surface area contributed by atoms with Crippen molar-refractivity contribution >= 4 is 34.6 Å². The van der Waals surface area contributed by atoms with Crippen molar-refractivity contribution < 1.29 is 21.7 Å². The molecule has 0 atom stereocenters. The van der Waals surface area contributed by atoms with Gasteiger partial charge in [0.25, 0.3) is 0 Å². The van der Waals surface area contributed by atoms with Gasteiger partial charge in [0.15, 0.2) is 0 Å². The second-order valence-electron chi connectivity index (χ2n) is 8.20. The molecule has 0 bridgehead atoms. The summed E-state index contributed by atoms with van der Waals surface area (Å²) in [6, 6.07) is 35.0. The average molecular weight is 482 g/mol. The van der Waals surface area contributed by atoms with Crippen LogP contribution in [0.15, 0.2) is 114 Å². The molecule has 0 saturated carbocycles. The van der Waals surface area contributed by atoms with Gasteiger partial charge in [0.05, 0.1) is 0 Å². The topological polar surface area (TPSA) is 0 Å². The second-order valence-corrected chi connectivity index (χ2v) is 10.4. The fourth-order valence-electron chi connectivity index (χ4n) is 4.09. The molecular formula is C31H31PTi. The summed E-state index contributed by atoms with van der Waals surface area (Å²) in [5.41, 5.74) is 2.91. The molecule has 33 heavy (non-hydrogen) atoms. The van der Waals surface area contributed by atoms with Crippen molar-refractivity contribution in [2.45, 2.75) is 39.5 Å². The molecular weight excluding hydrogens is 451 g/mol. The zero-order valence-corrected chi connectivity index (χ0v) is 22.0. The van der Waals surface area contributed by atoms with Crippen LogP contribution in [0.5, 0.6) is 0 Å². The zero-order valence-electron chi connectivity index (χ0n) is 19.6. The minimum atomic E-state index is -0.493. The van der Waals surface area contributed by atoms with Crippen molar-refractivity contribution in [3.8, 4) is 0 Å². The monoisotopic (exact) mass is 482 g/mol. The number of hydrogen-bond acceptors (Lipinski definition) is 0. The van der Waals surface area contributed by atoms with E-state index in [4.69, 9.17) is 0 Å². The maximum absolute atomic E-state index is 3.37. The Balaban J connectivity index is 0.000000237. The van der Waals surface area contributed by atoms with Gasteiger partial charge >= 0.3 is 21.7 Å². The normalized spacial score (nSPS) is 12.6. The summed E-state index contributed by atoms with van der Waals surface area (Å²) in [7, 11) is -0.493. The Bertz CT molecular complexity index is 1110. The van der Waals surface area contributed by atoms with Gasteiger partial charge in [-0.2, -0.15) is 12.1 Å². The second kappa shape index (κ2) is 13.0. The maximum Gasteiger partial charge on any atom is 2.00 e. The number of allylic oxidation sites excluding steroid dienone is 4. The van der Waals surface area contributed by atoms with Crippen LogP contribution in [-0.2, 0) is 21.7 Å². The van der Waals surface area contributed by atoms with Gasteiger partial charge in [-0.15, -0.1) is 53.7 Å². The van der Waals surface area contributed by atoms with Gasteiger partial charge in [0.1, 0.15) is 0 Å². The largest absolute Gasteiger partial charge is 2.00 e. The summed E-state index contributed by atoms with van der Waals surface area (Å²) >= 11 is 0. The molecule has 164 valence electrons. The van der Waals surface area contributed by atoms with Crippen molar-refractivity contribution in [3.05, 3.63) is 120 Å². The molecule has 0 heterocycles. The number of hydrogen-bond donors (Lipinski definition) is 0. The molecule has 0 N–H and O–H groups in total. The fourth-order valence-corrected chi connectivity index (χ4v) is 6.46. The Morgan fingerprint density at radius 2 is 1.45 bits per heavy atom. The van der Waals surface area contributed by atoms with Crippen LogP contribution in [0.2, 0.25) is 0 Å². The quantitative estimate of drug-likeness (QED) is 0.151. The minimum absolute atomic E-state index is 0. The van der Waals surface area contributed by atoms with Gasteiger partial charge < -0.3 is 0 Å². The standard InChI is InChI=1S/C21H16P.C10H15.Ti/c1-3-11-19(12-4-1)22(20-13-5-2-6-14-20)21-15-17-9-7-8-10-18(17)16-21;1-3-4-7-10-8-5-6-9(10)2;/h1-16H;6H,3-5,7H2,1-2H3;/q2*-1;+2. The first-order valence-electron chi connectivity index (χ1n) is 11.6. The zero-order chi connectivity index (χ0) is 22.2. The average Bonchev–Trinajstić information content (AvgIpc) is 3.45. The molecule has 0 saturated heterocycles. The molecule has 0 radical (unpaired) electrons. The first-order chi connectivity index (χ1) is 15.8. The minimum Gasteiger partial charge on any atom is -0.269 e. The molecule has 4 aromatic rings. The summed E-state index contributed by atoms with van der Waals surface area (Å²) < 4.78 is 0. The predicted octanol–water partition coefficient (Wildman–Crippen LogP) is 7.57. The van der Waals surface area contributed by atoms with E-state index in [2.05, 4.69) is 123 Å². The summed E-state index contributed by atoms with van der Waals surface area (Å²) in [5, 5.41) is 6.89. The molecule has 0 nitrogen and oxygen atoms in total. The van der Waals surface area contributed by atoms with Crippen LogP contribution in [0.4, 0.5) is 0 Å². The molecule has 0 unspecified atom stereocenters. The van der Waals surface area contributed by atoms with E-state index >= 15 is 0 Å². The summed E-state index contributed by atoms with van der Waals surface area (Å²) in [6.45, 7) is 4.42. The molecule has 0 spiro atoms. The number of rotatable bonds is 6. The molecule has 2 heteroatoms. The van der Waals surface area contributed by atoms with E-state index in [0.717, 1.165) is 6.42 Å². The van der Waals surface area contributed by atoms with Crippen LogP contribution in [0, 0.1) is 6.08 Å². The van der Waals surface area contributed by atoms with Crippen LogP contribution >= 0.6 is 7.92 Å². The van der Waals surface area contributed by atoms with Crippen LogP contribution in [-0.4, -0.2) is 0 Å². The predicted molar refractivity (Wildman–Crippen MR) is 143 cm³/mol. The Kier molecular flexibility index (Phi) is 10.0. The smallest absolute Gasteiger partial charge is 0.269 e. The number of fused-ring (bicyclic) bond motifs is 1. The number of unbranched alkanes of at least 4 members (excludes halogenated alkanes) is 1. The van der Waals surface area contributed by atoms with Crippen LogP contribution in [0.25, 0.3) is 10.8 Å².